The van der Waals surface area contributed by atoms with E-state index in [9.17, 15) is 4.79 Å². The van der Waals surface area contributed by atoms with E-state index < -0.39 is 0 Å². The fourth-order valence-electron chi connectivity index (χ4n) is 3.48. The second-order valence-electron chi connectivity index (χ2n) is 6.71. The minimum absolute atomic E-state index is 0.0538. The number of H-pyrrole nitrogens is 1. The standard InChI is InChI=1S/C19H20N4O2/c1-9(2)17-12-7-14-15(8-13(12)23-19(17)24)22-18(21-14)11-5-4-10(20)6-16(11)25-3/h4-9,17H,20H2,1-3H3,(H,21,22)(H,23,24). The van der Waals surface area contributed by atoms with Gasteiger partial charge in [-0.3, -0.25) is 4.79 Å². The molecule has 3 aromatic rings. The minimum atomic E-state index is -0.134. The molecule has 0 saturated heterocycles. The number of hydrogen-bond acceptors (Lipinski definition) is 4. The van der Waals surface area contributed by atoms with Crippen LogP contribution in [0.3, 0.4) is 0 Å². The van der Waals surface area contributed by atoms with Crippen LogP contribution in [0.15, 0.2) is 30.3 Å². The number of nitrogens with one attached hydrogen (secondary N) is 2. The quantitative estimate of drug-likeness (QED) is 0.638. The SMILES string of the molecule is COc1cc(N)ccc1-c1nc2cc3c(cc2[nH]1)NC(=O)C3C(C)C. The van der Waals surface area contributed by atoms with Gasteiger partial charge in [-0.25, -0.2) is 4.98 Å². The Hall–Kier alpha value is -3.02. The summed E-state index contributed by atoms with van der Waals surface area (Å²) in [7, 11) is 1.61. The van der Waals surface area contributed by atoms with Gasteiger partial charge in [0.25, 0.3) is 0 Å². The number of nitrogens with zero attached hydrogens (tertiary/aromatic N) is 1. The molecule has 1 aliphatic heterocycles. The van der Waals surface area contributed by atoms with E-state index in [1.807, 2.05) is 24.3 Å². The van der Waals surface area contributed by atoms with Crippen LogP contribution in [0.1, 0.15) is 25.3 Å². The lowest BCUT2D eigenvalue weighted by Crippen LogP contribution is -2.16. The molecule has 6 heteroatoms. The van der Waals surface area contributed by atoms with Gasteiger partial charge in [0.2, 0.25) is 5.91 Å². The monoisotopic (exact) mass is 336 g/mol. The lowest BCUT2D eigenvalue weighted by Gasteiger charge is -2.12. The molecule has 1 unspecified atom stereocenters. The summed E-state index contributed by atoms with van der Waals surface area (Å²) < 4.78 is 5.42. The highest BCUT2D eigenvalue weighted by Gasteiger charge is 2.33. The van der Waals surface area contributed by atoms with Crippen molar-refractivity contribution in [1.29, 1.82) is 0 Å². The van der Waals surface area contributed by atoms with Gasteiger partial charge >= 0.3 is 0 Å². The fraction of sp³-hybridized carbons (Fsp3) is 0.263. The number of nitrogens with two attached hydrogens (primary N) is 1. The maximum absolute atomic E-state index is 12.2. The van der Waals surface area contributed by atoms with Crippen molar-refractivity contribution in [2.45, 2.75) is 19.8 Å². The Kier molecular flexibility index (Phi) is 3.42. The number of hydrogen-bond donors (Lipinski definition) is 3. The van der Waals surface area contributed by atoms with Crippen molar-refractivity contribution in [3.8, 4) is 17.1 Å². The zero-order chi connectivity index (χ0) is 17.7. The fourth-order valence-corrected chi connectivity index (χ4v) is 3.48. The average molecular weight is 336 g/mol. The van der Waals surface area contributed by atoms with Gasteiger partial charge in [0.15, 0.2) is 0 Å². The van der Waals surface area contributed by atoms with Crippen molar-refractivity contribution in [1.82, 2.24) is 9.97 Å². The van der Waals surface area contributed by atoms with Crippen molar-refractivity contribution in [2.75, 3.05) is 18.2 Å². The van der Waals surface area contributed by atoms with Crippen molar-refractivity contribution >= 4 is 28.3 Å². The van der Waals surface area contributed by atoms with Gasteiger partial charge in [-0.05, 0) is 35.7 Å². The first-order chi connectivity index (χ1) is 12.0. The molecule has 1 atom stereocenters. The summed E-state index contributed by atoms with van der Waals surface area (Å²) >= 11 is 0. The van der Waals surface area contributed by atoms with Gasteiger partial charge in [0, 0.05) is 17.4 Å². The number of aromatic nitrogens is 2. The highest BCUT2D eigenvalue weighted by molar-refractivity contribution is 6.05. The summed E-state index contributed by atoms with van der Waals surface area (Å²) in [6, 6.07) is 9.43. The first kappa shape index (κ1) is 15.5. The highest BCUT2D eigenvalue weighted by atomic mass is 16.5. The molecule has 0 aliphatic carbocycles. The molecule has 0 spiro atoms. The van der Waals surface area contributed by atoms with E-state index in [-0.39, 0.29) is 17.7 Å². The molecule has 25 heavy (non-hydrogen) atoms. The maximum Gasteiger partial charge on any atom is 0.232 e. The number of carbonyl (C=O) groups is 1. The average Bonchev–Trinajstić information content (AvgIpc) is 3.11. The van der Waals surface area contributed by atoms with E-state index in [1.165, 1.54) is 0 Å². The van der Waals surface area contributed by atoms with Crippen LogP contribution in [0, 0.1) is 5.92 Å². The zero-order valence-electron chi connectivity index (χ0n) is 14.4. The minimum Gasteiger partial charge on any atom is -0.496 e. The summed E-state index contributed by atoms with van der Waals surface area (Å²) in [6.45, 7) is 4.11. The summed E-state index contributed by atoms with van der Waals surface area (Å²) in [4.78, 5) is 20.2. The molecule has 0 bridgehead atoms. The number of anilines is 2. The van der Waals surface area contributed by atoms with E-state index in [1.54, 1.807) is 13.2 Å². The van der Waals surface area contributed by atoms with E-state index in [0.717, 1.165) is 27.8 Å². The second-order valence-corrected chi connectivity index (χ2v) is 6.71. The molecule has 2 aromatic carbocycles. The van der Waals surface area contributed by atoms with Crippen molar-refractivity contribution in [2.24, 2.45) is 5.92 Å². The second kappa shape index (κ2) is 5.51. The summed E-state index contributed by atoms with van der Waals surface area (Å²) in [5.41, 5.74) is 10.9. The molecule has 128 valence electrons. The highest BCUT2D eigenvalue weighted by Crippen LogP contribution is 2.40. The predicted molar refractivity (Wildman–Crippen MR) is 98.7 cm³/mol. The van der Waals surface area contributed by atoms with Crippen LogP contribution in [0.4, 0.5) is 11.4 Å². The van der Waals surface area contributed by atoms with Crippen LogP contribution < -0.4 is 15.8 Å². The molecule has 1 aromatic heterocycles. The Morgan fingerprint density at radius 3 is 2.76 bits per heavy atom. The number of benzene rings is 2. The van der Waals surface area contributed by atoms with Gasteiger partial charge in [0.05, 0.1) is 29.6 Å². The number of rotatable bonds is 3. The Morgan fingerprint density at radius 1 is 1.24 bits per heavy atom. The van der Waals surface area contributed by atoms with Gasteiger partial charge in [0.1, 0.15) is 11.6 Å². The van der Waals surface area contributed by atoms with Crippen LogP contribution in [0.2, 0.25) is 0 Å². The van der Waals surface area contributed by atoms with E-state index in [0.29, 0.717) is 17.3 Å². The molecule has 6 nitrogen and oxygen atoms in total. The Bertz CT molecular complexity index is 990. The van der Waals surface area contributed by atoms with Gasteiger partial charge in [-0.15, -0.1) is 0 Å². The van der Waals surface area contributed by atoms with E-state index in [2.05, 4.69) is 24.1 Å². The first-order valence-electron chi connectivity index (χ1n) is 8.26. The summed E-state index contributed by atoms with van der Waals surface area (Å²) in [6.07, 6.45) is 0. The number of carbonyl (C=O) groups excluding carboxylic acids is 1. The third-order valence-corrected chi connectivity index (χ3v) is 4.68. The maximum atomic E-state index is 12.2. The number of aromatic amines is 1. The summed E-state index contributed by atoms with van der Waals surface area (Å²) in [5.74, 6) is 1.53. The molecular formula is C19H20N4O2. The lowest BCUT2D eigenvalue weighted by atomic mass is 9.89. The number of ether oxygens (including phenoxy) is 1. The molecule has 0 radical (unpaired) electrons. The van der Waals surface area contributed by atoms with Crippen molar-refractivity contribution in [3.05, 3.63) is 35.9 Å². The van der Waals surface area contributed by atoms with Crippen LogP contribution in [0.25, 0.3) is 22.4 Å². The smallest absolute Gasteiger partial charge is 0.232 e. The first-order valence-corrected chi connectivity index (χ1v) is 8.26. The summed E-state index contributed by atoms with van der Waals surface area (Å²) in [5, 5.41) is 2.97. The molecule has 0 fully saturated rings. The predicted octanol–water partition coefficient (Wildman–Crippen LogP) is 3.51. The Morgan fingerprint density at radius 2 is 2.04 bits per heavy atom. The van der Waals surface area contributed by atoms with Crippen LogP contribution in [-0.4, -0.2) is 23.0 Å². The molecule has 4 N–H and O–H groups in total. The number of methoxy groups -OCH3 is 1. The third kappa shape index (κ3) is 2.41. The Labute approximate surface area is 145 Å². The van der Waals surface area contributed by atoms with Gasteiger partial charge in [-0.1, -0.05) is 13.8 Å². The number of imidazole rings is 1. The van der Waals surface area contributed by atoms with Crippen molar-refractivity contribution < 1.29 is 9.53 Å². The topological polar surface area (TPSA) is 93.0 Å². The molecule has 1 amide bonds. The van der Waals surface area contributed by atoms with Crippen LogP contribution in [0.5, 0.6) is 5.75 Å². The van der Waals surface area contributed by atoms with Crippen molar-refractivity contribution in [3.63, 3.8) is 0 Å². The number of nitrogen functional groups attached to an aromatic ring is 1. The normalized spacial score (nSPS) is 16.3. The van der Waals surface area contributed by atoms with Crippen LogP contribution >= 0.6 is 0 Å². The Balaban J connectivity index is 1.85. The van der Waals surface area contributed by atoms with E-state index in [4.69, 9.17) is 15.5 Å². The molecule has 2 heterocycles. The number of amides is 1. The van der Waals surface area contributed by atoms with Gasteiger partial charge < -0.3 is 20.8 Å². The lowest BCUT2D eigenvalue weighted by molar-refractivity contribution is -0.117. The largest absolute Gasteiger partial charge is 0.496 e. The van der Waals surface area contributed by atoms with E-state index >= 15 is 0 Å². The third-order valence-electron chi connectivity index (χ3n) is 4.68. The molecule has 0 saturated carbocycles. The molecule has 1 aliphatic rings. The van der Waals surface area contributed by atoms with Crippen LogP contribution in [-0.2, 0) is 4.79 Å². The molecule has 4 rings (SSSR count). The molecular weight excluding hydrogens is 316 g/mol. The number of fused-ring (bicyclic) bond motifs is 2. The van der Waals surface area contributed by atoms with Gasteiger partial charge in [-0.2, -0.15) is 0 Å². The zero-order valence-corrected chi connectivity index (χ0v) is 14.4.